The third-order valence-electron chi connectivity index (χ3n) is 7.29. The SMILES string of the molecule is COCC(=O)Nc1ccc(N2C(=S)N[C@@H](c3ccccn3)[C@@H]2c2cc(C)n(-c3cc(C(=O)O)ccc3C)c2C)cc1. The number of ether oxygens (including phenoxy) is 1. The number of amides is 1. The van der Waals surface area contributed by atoms with E-state index in [-0.39, 0.29) is 30.2 Å². The van der Waals surface area contributed by atoms with Gasteiger partial charge in [-0.25, -0.2) is 4.79 Å². The van der Waals surface area contributed by atoms with Crippen LogP contribution in [0.1, 0.15) is 50.7 Å². The van der Waals surface area contributed by atoms with E-state index in [2.05, 4.69) is 31.2 Å². The second kappa shape index (κ2) is 11.5. The van der Waals surface area contributed by atoms with Crippen LogP contribution in [0.25, 0.3) is 5.69 Å². The topological polar surface area (TPSA) is 109 Å². The van der Waals surface area contributed by atoms with Gasteiger partial charge < -0.3 is 29.9 Å². The molecule has 41 heavy (non-hydrogen) atoms. The van der Waals surface area contributed by atoms with Crippen molar-refractivity contribution < 1.29 is 19.4 Å². The van der Waals surface area contributed by atoms with Gasteiger partial charge in [-0.15, -0.1) is 0 Å². The number of anilines is 2. The number of thiocarbonyl (C=S) groups is 1. The summed E-state index contributed by atoms with van der Waals surface area (Å²) in [6.45, 7) is 6.00. The van der Waals surface area contributed by atoms with Crippen molar-refractivity contribution in [3.05, 3.63) is 107 Å². The van der Waals surface area contributed by atoms with Gasteiger partial charge in [0.05, 0.1) is 23.3 Å². The maximum absolute atomic E-state index is 12.0. The quantitative estimate of drug-likeness (QED) is 0.247. The highest BCUT2D eigenvalue weighted by molar-refractivity contribution is 7.80. The lowest BCUT2D eigenvalue weighted by Crippen LogP contribution is -2.29. The Morgan fingerprint density at radius 3 is 2.49 bits per heavy atom. The minimum atomic E-state index is -0.970. The lowest BCUT2D eigenvalue weighted by Gasteiger charge is -2.28. The largest absolute Gasteiger partial charge is 0.478 e. The van der Waals surface area contributed by atoms with Crippen LogP contribution in [0.3, 0.4) is 0 Å². The van der Waals surface area contributed by atoms with Crippen LogP contribution < -0.4 is 15.5 Å². The Hall–Kier alpha value is -4.54. The molecule has 3 heterocycles. The first-order chi connectivity index (χ1) is 19.7. The number of rotatable bonds is 8. The molecule has 10 heteroatoms. The molecule has 1 aliphatic heterocycles. The molecule has 2 atom stereocenters. The number of carboxylic acid groups (broad SMARTS) is 1. The molecule has 4 aromatic rings. The number of carboxylic acids is 1. The molecule has 5 rings (SSSR count). The van der Waals surface area contributed by atoms with Crippen LogP contribution in [0.4, 0.5) is 11.4 Å². The molecule has 2 aromatic heterocycles. The Morgan fingerprint density at radius 2 is 1.83 bits per heavy atom. The van der Waals surface area contributed by atoms with Gasteiger partial charge in [0.2, 0.25) is 5.91 Å². The first kappa shape index (κ1) is 28.0. The Labute approximate surface area is 243 Å². The van der Waals surface area contributed by atoms with E-state index < -0.39 is 5.97 Å². The molecule has 3 N–H and O–H groups in total. The highest BCUT2D eigenvalue weighted by Gasteiger charge is 2.42. The van der Waals surface area contributed by atoms with Gasteiger partial charge in [0.25, 0.3) is 0 Å². The lowest BCUT2D eigenvalue weighted by atomic mass is 9.96. The van der Waals surface area contributed by atoms with Gasteiger partial charge in [0.15, 0.2) is 5.11 Å². The molecule has 210 valence electrons. The van der Waals surface area contributed by atoms with Crippen molar-refractivity contribution >= 4 is 40.6 Å². The lowest BCUT2D eigenvalue weighted by molar-refractivity contribution is -0.119. The number of hydrogen-bond donors (Lipinski definition) is 3. The summed E-state index contributed by atoms with van der Waals surface area (Å²) in [5.41, 5.74) is 7.33. The van der Waals surface area contributed by atoms with E-state index in [9.17, 15) is 14.7 Å². The van der Waals surface area contributed by atoms with Crippen molar-refractivity contribution in [2.45, 2.75) is 32.9 Å². The van der Waals surface area contributed by atoms with Crippen LogP contribution in [-0.4, -0.2) is 45.4 Å². The molecule has 0 unspecified atom stereocenters. The van der Waals surface area contributed by atoms with Gasteiger partial charge >= 0.3 is 5.97 Å². The zero-order valence-electron chi connectivity index (χ0n) is 23.2. The first-order valence-corrected chi connectivity index (χ1v) is 13.5. The number of benzene rings is 2. The second-order valence-corrected chi connectivity index (χ2v) is 10.4. The van der Waals surface area contributed by atoms with Crippen molar-refractivity contribution in [2.24, 2.45) is 0 Å². The summed E-state index contributed by atoms with van der Waals surface area (Å²) in [6.07, 6.45) is 1.77. The van der Waals surface area contributed by atoms with Crippen LogP contribution in [0.2, 0.25) is 0 Å². The minimum Gasteiger partial charge on any atom is -0.478 e. The summed E-state index contributed by atoms with van der Waals surface area (Å²) in [5, 5.41) is 16.5. The number of aromatic carboxylic acids is 1. The summed E-state index contributed by atoms with van der Waals surface area (Å²) in [5.74, 6) is -1.20. The fourth-order valence-corrected chi connectivity index (χ4v) is 5.77. The third-order valence-corrected chi connectivity index (χ3v) is 7.60. The van der Waals surface area contributed by atoms with E-state index in [1.165, 1.54) is 7.11 Å². The van der Waals surface area contributed by atoms with Crippen molar-refractivity contribution in [3.8, 4) is 5.69 Å². The Balaban J connectivity index is 1.61. The molecule has 9 nitrogen and oxygen atoms in total. The summed E-state index contributed by atoms with van der Waals surface area (Å²) < 4.78 is 7.01. The molecule has 0 spiro atoms. The number of hydrogen-bond acceptors (Lipinski definition) is 5. The average molecular weight is 570 g/mol. The standard InChI is InChI=1S/C31H31N5O4S/c1-18-8-9-21(30(38)39)16-26(18)35-19(2)15-24(20(35)3)29-28(25-7-5-6-14-32-25)34-31(41)36(29)23-12-10-22(11-13-23)33-27(37)17-40-4/h5-16,28-29H,17H2,1-4H3,(H,33,37)(H,34,41)(H,38,39)/t28-,29-/m0/s1. The molecule has 0 radical (unpaired) electrons. The summed E-state index contributed by atoms with van der Waals surface area (Å²) in [4.78, 5) is 30.5. The number of methoxy groups -OCH3 is 1. The number of aromatic nitrogens is 2. The van der Waals surface area contributed by atoms with Gasteiger partial charge in [-0.2, -0.15) is 0 Å². The van der Waals surface area contributed by atoms with Crippen molar-refractivity contribution in [1.29, 1.82) is 0 Å². The predicted octanol–water partition coefficient (Wildman–Crippen LogP) is 5.26. The number of pyridine rings is 1. The predicted molar refractivity (Wildman–Crippen MR) is 162 cm³/mol. The van der Waals surface area contributed by atoms with Crippen LogP contribution in [0.5, 0.6) is 0 Å². The van der Waals surface area contributed by atoms with Crippen LogP contribution in [0.15, 0.2) is 72.9 Å². The molecule has 0 saturated carbocycles. The number of carbonyl (C=O) groups is 2. The zero-order chi connectivity index (χ0) is 29.3. The van der Waals surface area contributed by atoms with Crippen LogP contribution in [-0.2, 0) is 9.53 Å². The number of nitrogens with zero attached hydrogens (tertiary/aromatic N) is 3. The Morgan fingerprint density at radius 1 is 1.07 bits per heavy atom. The summed E-state index contributed by atoms with van der Waals surface area (Å²) in [6, 6.07) is 20.1. The fourth-order valence-electron chi connectivity index (χ4n) is 5.42. The van der Waals surface area contributed by atoms with Gasteiger partial charge in [-0.1, -0.05) is 12.1 Å². The van der Waals surface area contributed by atoms with Crippen molar-refractivity contribution in [1.82, 2.24) is 14.9 Å². The van der Waals surface area contributed by atoms with Gasteiger partial charge in [-0.05, 0) is 98.7 Å². The highest BCUT2D eigenvalue weighted by atomic mass is 32.1. The van der Waals surface area contributed by atoms with Gasteiger partial charge in [0.1, 0.15) is 6.61 Å². The van der Waals surface area contributed by atoms with E-state index in [1.807, 2.05) is 69.3 Å². The Kier molecular flexibility index (Phi) is 7.87. The fraction of sp³-hybridized carbons (Fsp3) is 0.226. The van der Waals surface area contributed by atoms with E-state index >= 15 is 0 Å². The zero-order valence-corrected chi connectivity index (χ0v) is 24.0. The molecule has 0 bridgehead atoms. The van der Waals surface area contributed by atoms with E-state index in [4.69, 9.17) is 17.0 Å². The minimum absolute atomic E-state index is 0.0276. The molecule has 0 aliphatic carbocycles. The molecule has 1 saturated heterocycles. The number of nitrogens with one attached hydrogen (secondary N) is 2. The normalized spacial score (nSPS) is 16.5. The van der Waals surface area contributed by atoms with Crippen molar-refractivity contribution in [2.75, 3.05) is 23.9 Å². The summed E-state index contributed by atoms with van der Waals surface area (Å²) >= 11 is 5.89. The van der Waals surface area contributed by atoms with Crippen molar-refractivity contribution in [3.63, 3.8) is 0 Å². The molecular weight excluding hydrogens is 538 g/mol. The average Bonchev–Trinajstić information content (AvgIpc) is 3.44. The van der Waals surface area contributed by atoms with E-state index in [1.54, 1.807) is 18.3 Å². The van der Waals surface area contributed by atoms with E-state index in [0.717, 1.165) is 39.6 Å². The number of aryl methyl sites for hydroxylation is 2. The maximum Gasteiger partial charge on any atom is 0.335 e. The Bertz CT molecular complexity index is 1620. The highest BCUT2D eigenvalue weighted by Crippen LogP contribution is 2.44. The maximum atomic E-state index is 12.0. The number of carbonyl (C=O) groups excluding carboxylic acids is 1. The molecule has 1 fully saturated rings. The molecular formula is C31H31N5O4S. The van der Waals surface area contributed by atoms with E-state index in [0.29, 0.717) is 10.8 Å². The molecule has 1 amide bonds. The van der Waals surface area contributed by atoms with Crippen LogP contribution in [0, 0.1) is 20.8 Å². The molecule has 1 aliphatic rings. The first-order valence-electron chi connectivity index (χ1n) is 13.1. The van der Waals surface area contributed by atoms with Gasteiger partial charge in [-0.3, -0.25) is 9.78 Å². The van der Waals surface area contributed by atoms with Crippen LogP contribution >= 0.6 is 12.2 Å². The summed E-state index contributed by atoms with van der Waals surface area (Å²) in [7, 11) is 1.48. The third kappa shape index (κ3) is 5.44. The molecule has 2 aromatic carbocycles. The van der Waals surface area contributed by atoms with Gasteiger partial charge in [0, 0.05) is 41.8 Å². The second-order valence-electron chi connectivity index (χ2n) is 9.99. The monoisotopic (exact) mass is 569 g/mol. The smallest absolute Gasteiger partial charge is 0.335 e.